The summed E-state index contributed by atoms with van der Waals surface area (Å²) in [6.07, 6.45) is 6.73. The molecule has 3 rings (SSSR count). The van der Waals surface area contributed by atoms with E-state index >= 15 is 0 Å². The Morgan fingerprint density at radius 3 is 2.83 bits per heavy atom. The van der Waals surface area contributed by atoms with Crippen molar-refractivity contribution in [2.45, 2.75) is 39.0 Å². The molecule has 3 N–H and O–H groups in total. The Morgan fingerprint density at radius 2 is 2.04 bits per heavy atom. The molecule has 0 aromatic rings. The SMILES string of the molecule is CCOC(=O)C1=C(C[NH+]2CC[C@H]3CCCC[C@@H]3C2)NC(=O)NC1. The number of likely N-dealkylation sites (tertiary alicyclic amines) is 1. The van der Waals surface area contributed by atoms with Crippen molar-refractivity contribution >= 4 is 12.0 Å². The molecular formula is C17H28N3O3+. The molecule has 1 saturated heterocycles. The number of carbonyl (C=O) groups is 2. The van der Waals surface area contributed by atoms with Gasteiger partial charge in [0.1, 0.15) is 6.54 Å². The predicted molar refractivity (Wildman–Crippen MR) is 85.8 cm³/mol. The molecule has 0 radical (unpaired) electrons. The van der Waals surface area contributed by atoms with Gasteiger partial charge in [-0.3, -0.25) is 0 Å². The van der Waals surface area contributed by atoms with Gasteiger partial charge in [-0.2, -0.15) is 0 Å². The van der Waals surface area contributed by atoms with Crippen LogP contribution in [0.4, 0.5) is 4.79 Å². The lowest BCUT2D eigenvalue weighted by atomic mass is 9.75. The van der Waals surface area contributed by atoms with Crippen molar-refractivity contribution in [2.75, 3.05) is 32.8 Å². The molecule has 6 heteroatoms. The van der Waals surface area contributed by atoms with E-state index in [2.05, 4.69) is 10.6 Å². The van der Waals surface area contributed by atoms with Gasteiger partial charge >= 0.3 is 12.0 Å². The minimum atomic E-state index is -0.318. The van der Waals surface area contributed by atoms with Crippen molar-refractivity contribution < 1.29 is 19.2 Å². The summed E-state index contributed by atoms with van der Waals surface area (Å²) in [5, 5.41) is 5.50. The van der Waals surface area contributed by atoms with Crippen LogP contribution in [0.25, 0.3) is 0 Å². The van der Waals surface area contributed by atoms with Crippen molar-refractivity contribution in [1.82, 2.24) is 10.6 Å². The molecule has 23 heavy (non-hydrogen) atoms. The van der Waals surface area contributed by atoms with E-state index in [0.717, 1.165) is 30.6 Å². The topological polar surface area (TPSA) is 71.9 Å². The van der Waals surface area contributed by atoms with E-state index in [1.165, 1.54) is 37.0 Å². The lowest BCUT2D eigenvalue weighted by molar-refractivity contribution is -0.906. The van der Waals surface area contributed by atoms with Gasteiger partial charge in [-0.1, -0.05) is 12.8 Å². The maximum Gasteiger partial charge on any atom is 0.337 e. The molecule has 3 atom stereocenters. The number of amides is 2. The van der Waals surface area contributed by atoms with Crippen LogP contribution in [0, 0.1) is 11.8 Å². The summed E-state index contributed by atoms with van der Waals surface area (Å²) in [5.41, 5.74) is 1.32. The maximum atomic E-state index is 12.1. The minimum absolute atomic E-state index is 0.222. The third-order valence-electron chi connectivity index (χ3n) is 5.49. The summed E-state index contributed by atoms with van der Waals surface area (Å²) in [6.45, 7) is 5.41. The van der Waals surface area contributed by atoms with E-state index < -0.39 is 0 Å². The van der Waals surface area contributed by atoms with E-state index in [-0.39, 0.29) is 18.5 Å². The lowest BCUT2D eigenvalue weighted by Gasteiger charge is -2.39. The lowest BCUT2D eigenvalue weighted by Crippen LogP contribution is -3.14. The van der Waals surface area contributed by atoms with Gasteiger partial charge in [0.15, 0.2) is 0 Å². The first kappa shape index (κ1) is 16.3. The number of hydrogen-bond acceptors (Lipinski definition) is 3. The average molecular weight is 322 g/mol. The number of hydrogen-bond donors (Lipinski definition) is 3. The number of piperidine rings is 1. The smallest absolute Gasteiger partial charge is 0.337 e. The standard InChI is InChI=1S/C17H27N3O3/c1-2-23-16(21)14-9-18-17(22)19-15(14)11-20-8-7-12-5-3-4-6-13(12)10-20/h12-13H,2-11H2,1H3,(H2,18,19,22)/p+1/t12-,13-/m1/s1. The monoisotopic (exact) mass is 322 g/mol. The summed E-state index contributed by atoms with van der Waals surface area (Å²) < 4.78 is 5.12. The molecule has 0 aromatic carbocycles. The van der Waals surface area contributed by atoms with Crippen molar-refractivity contribution in [3.63, 3.8) is 0 Å². The molecule has 3 aliphatic rings. The normalized spacial score (nSPS) is 31.0. The zero-order chi connectivity index (χ0) is 16.2. The summed E-state index contributed by atoms with van der Waals surface area (Å²) in [5.74, 6) is 1.40. The molecule has 0 spiro atoms. The van der Waals surface area contributed by atoms with Crippen LogP contribution in [-0.2, 0) is 9.53 Å². The van der Waals surface area contributed by atoms with Gasteiger partial charge in [0.05, 0.1) is 37.5 Å². The van der Waals surface area contributed by atoms with Gasteiger partial charge < -0.3 is 20.3 Å². The van der Waals surface area contributed by atoms with E-state index in [9.17, 15) is 9.59 Å². The molecule has 0 bridgehead atoms. The van der Waals surface area contributed by atoms with Gasteiger partial charge in [0.25, 0.3) is 0 Å². The molecule has 2 heterocycles. The van der Waals surface area contributed by atoms with Crippen LogP contribution in [0.3, 0.4) is 0 Å². The fourth-order valence-corrected chi connectivity index (χ4v) is 4.30. The highest BCUT2D eigenvalue weighted by atomic mass is 16.5. The highest BCUT2D eigenvalue weighted by Gasteiger charge is 2.35. The summed E-state index contributed by atoms with van der Waals surface area (Å²) in [6, 6.07) is -0.222. The summed E-state index contributed by atoms with van der Waals surface area (Å²) in [4.78, 5) is 25.2. The number of ether oxygens (including phenoxy) is 1. The second-order valence-corrected chi connectivity index (χ2v) is 6.96. The number of fused-ring (bicyclic) bond motifs is 1. The number of nitrogens with one attached hydrogen (secondary N) is 3. The number of esters is 1. The van der Waals surface area contributed by atoms with E-state index in [0.29, 0.717) is 18.7 Å². The molecule has 2 amide bonds. The summed E-state index contributed by atoms with van der Waals surface area (Å²) in [7, 11) is 0. The van der Waals surface area contributed by atoms with E-state index in [1.807, 2.05) is 0 Å². The van der Waals surface area contributed by atoms with Crippen molar-refractivity contribution in [1.29, 1.82) is 0 Å². The Bertz CT molecular complexity index is 503. The van der Waals surface area contributed by atoms with Crippen molar-refractivity contribution in [3.8, 4) is 0 Å². The molecule has 1 aliphatic carbocycles. The molecular weight excluding hydrogens is 294 g/mol. The van der Waals surface area contributed by atoms with Gasteiger partial charge in [0, 0.05) is 5.92 Å². The Hall–Kier alpha value is -1.56. The Morgan fingerprint density at radius 1 is 1.26 bits per heavy atom. The van der Waals surface area contributed by atoms with Crippen LogP contribution in [0.2, 0.25) is 0 Å². The van der Waals surface area contributed by atoms with Crippen molar-refractivity contribution in [3.05, 3.63) is 11.3 Å². The highest BCUT2D eigenvalue weighted by molar-refractivity contribution is 5.93. The van der Waals surface area contributed by atoms with Gasteiger partial charge in [-0.15, -0.1) is 0 Å². The van der Waals surface area contributed by atoms with E-state index in [1.54, 1.807) is 6.92 Å². The zero-order valence-electron chi connectivity index (χ0n) is 14.0. The van der Waals surface area contributed by atoms with E-state index in [4.69, 9.17) is 4.74 Å². The molecule has 1 unspecified atom stereocenters. The zero-order valence-corrected chi connectivity index (χ0v) is 14.0. The number of carbonyl (C=O) groups excluding carboxylic acids is 2. The van der Waals surface area contributed by atoms with Gasteiger partial charge in [-0.25, -0.2) is 9.59 Å². The van der Waals surface area contributed by atoms with Crippen LogP contribution in [0.15, 0.2) is 11.3 Å². The van der Waals surface area contributed by atoms with Crippen molar-refractivity contribution in [2.24, 2.45) is 11.8 Å². The fraction of sp³-hybridized carbons (Fsp3) is 0.765. The first-order valence-electron chi connectivity index (χ1n) is 8.95. The Labute approximate surface area is 137 Å². The number of rotatable bonds is 4. The van der Waals surface area contributed by atoms with Gasteiger partial charge in [-0.05, 0) is 32.1 Å². The van der Waals surface area contributed by atoms with Crippen LogP contribution in [-0.4, -0.2) is 44.8 Å². The summed E-state index contributed by atoms with van der Waals surface area (Å²) >= 11 is 0. The fourth-order valence-electron chi connectivity index (χ4n) is 4.30. The van der Waals surface area contributed by atoms with Gasteiger partial charge in [0.2, 0.25) is 0 Å². The predicted octanol–water partition coefficient (Wildman–Crippen LogP) is 0.211. The third kappa shape index (κ3) is 3.86. The number of quaternary nitrogens is 1. The second-order valence-electron chi connectivity index (χ2n) is 6.96. The van der Waals surface area contributed by atoms with Crippen LogP contribution in [0.1, 0.15) is 39.0 Å². The molecule has 128 valence electrons. The minimum Gasteiger partial charge on any atom is -0.463 e. The van der Waals surface area contributed by atoms with Crippen LogP contribution >= 0.6 is 0 Å². The van der Waals surface area contributed by atoms with Crippen LogP contribution in [0.5, 0.6) is 0 Å². The molecule has 0 aromatic heterocycles. The average Bonchev–Trinajstić information content (AvgIpc) is 2.55. The maximum absolute atomic E-state index is 12.1. The second kappa shape index (κ2) is 7.34. The third-order valence-corrected chi connectivity index (χ3v) is 5.49. The molecule has 2 aliphatic heterocycles. The molecule has 2 fully saturated rings. The Balaban J connectivity index is 1.68. The molecule has 6 nitrogen and oxygen atoms in total. The number of urea groups is 1. The quantitative estimate of drug-likeness (QED) is 0.648. The highest BCUT2D eigenvalue weighted by Crippen LogP contribution is 2.32. The largest absolute Gasteiger partial charge is 0.463 e. The Kier molecular flexibility index (Phi) is 5.20. The molecule has 1 saturated carbocycles. The first-order valence-corrected chi connectivity index (χ1v) is 8.95. The van der Waals surface area contributed by atoms with Crippen LogP contribution < -0.4 is 15.5 Å². The first-order chi connectivity index (χ1) is 11.2.